The zero-order chi connectivity index (χ0) is 27.9. The Bertz CT molecular complexity index is 1870. The maximum Gasteiger partial charge on any atom is 0.247 e. The molecule has 1 aliphatic heterocycles. The van der Waals surface area contributed by atoms with Gasteiger partial charge in [0.15, 0.2) is 0 Å². The molecule has 0 amide bonds. The first-order valence-corrected chi connectivity index (χ1v) is 14.7. The van der Waals surface area contributed by atoms with Crippen molar-refractivity contribution in [1.82, 2.24) is 9.97 Å². The Balaban J connectivity index is 1.50. The Morgan fingerprint density at radius 1 is 0.900 bits per heavy atom. The summed E-state index contributed by atoms with van der Waals surface area (Å²) in [5.41, 5.74) is 5.06. The van der Waals surface area contributed by atoms with Crippen LogP contribution in [0.15, 0.2) is 102 Å². The molecular formula is C30H23ClFN5O2S. The first kappa shape index (κ1) is 25.9. The summed E-state index contributed by atoms with van der Waals surface area (Å²) in [4.78, 5) is 9.82. The van der Waals surface area contributed by atoms with E-state index in [1.165, 1.54) is 12.1 Å². The minimum atomic E-state index is -3.45. The van der Waals surface area contributed by atoms with Crippen LogP contribution in [0.4, 0.5) is 16.0 Å². The van der Waals surface area contributed by atoms with E-state index < -0.39 is 10.0 Å². The largest absolute Gasteiger partial charge is 0.284 e. The summed E-state index contributed by atoms with van der Waals surface area (Å²) in [5, 5.41) is 8.07. The molecule has 40 heavy (non-hydrogen) atoms. The summed E-state index contributed by atoms with van der Waals surface area (Å²) in [6, 6.07) is 28.3. The molecule has 4 aromatic carbocycles. The second-order valence-corrected chi connectivity index (χ2v) is 11.7. The molecule has 7 nitrogen and oxygen atoms in total. The fourth-order valence-corrected chi connectivity index (χ4v) is 5.52. The zero-order valence-corrected chi connectivity index (χ0v) is 22.9. The molecule has 0 aliphatic carbocycles. The molecule has 0 unspecified atom stereocenters. The van der Waals surface area contributed by atoms with Crippen LogP contribution in [0.2, 0.25) is 5.02 Å². The summed E-state index contributed by atoms with van der Waals surface area (Å²) >= 11 is 6.34. The van der Waals surface area contributed by atoms with Gasteiger partial charge in [0.05, 0.1) is 29.2 Å². The average Bonchev–Trinajstić information content (AvgIpc) is 3.38. The lowest BCUT2D eigenvalue weighted by Crippen LogP contribution is -2.21. The molecule has 0 radical (unpaired) electrons. The van der Waals surface area contributed by atoms with Crippen LogP contribution in [-0.2, 0) is 10.0 Å². The molecule has 0 bridgehead atoms. The van der Waals surface area contributed by atoms with Crippen molar-refractivity contribution in [3.63, 3.8) is 0 Å². The van der Waals surface area contributed by atoms with Gasteiger partial charge in [-0.1, -0.05) is 66.2 Å². The van der Waals surface area contributed by atoms with Gasteiger partial charge < -0.3 is 0 Å². The lowest BCUT2D eigenvalue weighted by atomic mass is 9.98. The van der Waals surface area contributed by atoms with Crippen molar-refractivity contribution in [3.8, 4) is 11.3 Å². The van der Waals surface area contributed by atoms with Crippen molar-refractivity contribution in [3.05, 3.63) is 119 Å². The van der Waals surface area contributed by atoms with Gasteiger partial charge in [0, 0.05) is 28.1 Å². The number of nitrogens with one attached hydrogen (secondary N) is 1. The maximum absolute atomic E-state index is 13.8. The van der Waals surface area contributed by atoms with Crippen molar-refractivity contribution < 1.29 is 12.8 Å². The third kappa shape index (κ3) is 5.38. The maximum atomic E-state index is 13.8. The summed E-state index contributed by atoms with van der Waals surface area (Å²) in [7, 11) is -3.45. The standard InChI is InChI=1S/C30H23ClFN5O2S/c1-40(38,39)36-24-9-5-8-21(16-24)27-18-28(19-10-13-23(32)14-11-19)37(35-27)30-33-26-15-12-22(31)17-25(26)29(34-30)20-6-3-2-4-7-20/h2-17,28,36H,18H2,1H3/t28-/m1/s1. The van der Waals surface area contributed by atoms with Crippen LogP contribution >= 0.6 is 11.6 Å². The van der Waals surface area contributed by atoms with Crippen molar-refractivity contribution in [2.24, 2.45) is 5.10 Å². The van der Waals surface area contributed by atoms with Crippen LogP contribution in [-0.4, -0.2) is 30.4 Å². The molecular weight excluding hydrogens is 549 g/mol. The van der Waals surface area contributed by atoms with Gasteiger partial charge in [-0.05, 0) is 53.6 Å². The lowest BCUT2D eigenvalue weighted by molar-refractivity contribution is 0.607. The number of sulfonamides is 1. The van der Waals surface area contributed by atoms with Crippen LogP contribution < -0.4 is 9.73 Å². The first-order valence-electron chi connectivity index (χ1n) is 12.5. The molecule has 1 aliphatic rings. The van der Waals surface area contributed by atoms with E-state index in [1.807, 2.05) is 48.5 Å². The number of nitrogens with zero attached hydrogens (tertiary/aromatic N) is 4. The van der Waals surface area contributed by atoms with Gasteiger partial charge in [-0.3, -0.25) is 4.72 Å². The van der Waals surface area contributed by atoms with E-state index in [0.717, 1.165) is 28.3 Å². The monoisotopic (exact) mass is 571 g/mol. The van der Waals surface area contributed by atoms with Gasteiger partial charge >= 0.3 is 0 Å². The molecule has 5 aromatic rings. The summed E-state index contributed by atoms with van der Waals surface area (Å²) in [6.45, 7) is 0. The number of rotatable bonds is 6. The van der Waals surface area contributed by atoms with E-state index >= 15 is 0 Å². The van der Waals surface area contributed by atoms with E-state index in [0.29, 0.717) is 40.0 Å². The van der Waals surface area contributed by atoms with Crippen LogP contribution in [0, 0.1) is 5.82 Å². The molecule has 0 saturated carbocycles. The number of anilines is 2. The Morgan fingerprint density at radius 2 is 1.65 bits per heavy atom. The van der Waals surface area contributed by atoms with E-state index in [1.54, 1.807) is 41.4 Å². The number of hydrogen-bond donors (Lipinski definition) is 1. The lowest BCUT2D eigenvalue weighted by Gasteiger charge is -2.23. The number of halogens is 2. The number of hydrogen-bond acceptors (Lipinski definition) is 6. The topological polar surface area (TPSA) is 87.5 Å². The number of hydrazone groups is 1. The molecule has 10 heteroatoms. The van der Waals surface area contributed by atoms with Gasteiger partial charge in [-0.2, -0.15) is 5.10 Å². The fourth-order valence-electron chi connectivity index (χ4n) is 4.80. The fraction of sp³-hybridized carbons (Fsp3) is 0.100. The van der Waals surface area contributed by atoms with Gasteiger partial charge in [-0.25, -0.2) is 27.8 Å². The molecule has 1 N–H and O–H groups in total. The Labute approximate surface area is 236 Å². The summed E-state index contributed by atoms with van der Waals surface area (Å²) in [5.74, 6) is 0.0441. The minimum absolute atomic E-state index is 0.324. The Morgan fingerprint density at radius 3 is 2.40 bits per heavy atom. The van der Waals surface area contributed by atoms with Crippen molar-refractivity contribution >= 4 is 49.9 Å². The van der Waals surface area contributed by atoms with Gasteiger partial charge in [0.25, 0.3) is 0 Å². The quantitative estimate of drug-likeness (QED) is 0.242. The number of benzene rings is 4. The highest BCUT2D eigenvalue weighted by Gasteiger charge is 2.32. The second kappa shape index (κ2) is 10.3. The van der Waals surface area contributed by atoms with Gasteiger partial charge in [-0.15, -0.1) is 0 Å². The smallest absolute Gasteiger partial charge is 0.247 e. The first-order chi connectivity index (χ1) is 19.2. The van der Waals surface area contributed by atoms with Crippen LogP contribution in [0.1, 0.15) is 23.6 Å². The summed E-state index contributed by atoms with van der Waals surface area (Å²) in [6.07, 6.45) is 1.57. The molecule has 0 fully saturated rings. The third-order valence-corrected chi connectivity index (χ3v) is 7.40. The predicted molar refractivity (Wildman–Crippen MR) is 158 cm³/mol. The highest BCUT2D eigenvalue weighted by Crippen LogP contribution is 2.38. The minimum Gasteiger partial charge on any atom is -0.284 e. The molecule has 200 valence electrons. The normalized spacial score (nSPS) is 15.3. The van der Waals surface area contributed by atoms with Crippen molar-refractivity contribution in [1.29, 1.82) is 0 Å². The van der Waals surface area contributed by atoms with Crippen molar-refractivity contribution in [2.45, 2.75) is 12.5 Å². The average molecular weight is 572 g/mol. The highest BCUT2D eigenvalue weighted by atomic mass is 35.5. The predicted octanol–water partition coefficient (Wildman–Crippen LogP) is 6.82. The molecule has 6 rings (SSSR count). The Hall–Kier alpha value is -4.34. The molecule has 1 atom stereocenters. The van der Waals surface area contributed by atoms with Gasteiger partial charge in [0.1, 0.15) is 5.82 Å². The number of aromatic nitrogens is 2. The van der Waals surface area contributed by atoms with Gasteiger partial charge in [0.2, 0.25) is 16.0 Å². The van der Waals surface area contributed by atoms with Crippen molar-refractivity contribution in [2.75, 3.05) is 16.0 Å². The molecule has 0 saturated heterocycles. The van der Waals surface area contributed by atoms with E-state index in [9.17, 15) is 12.8 Å². The molecule has 2 heterocycles. The van der Waals surface area contributed by atoms with Crippen LogP contribution in [0.25, 0.3) is 22.2 Å². The third-order valence-electron chi connectivity index (χ3n) is 6.56. The SMILES string of the molecule is CS(=O)(=O)Nc1cccc(C2=NN(c3nc(-c4ccccc4)c4cc(Cl)ccc4n3)[C@@H](c3ccc(F)cc3)C2)c1. The van der Waals surface area contributed by atoms with E-state index in [4.69, 9.17) is 26.7 Å². The Kier molecular flexibility index (Phi) is 6.69. The number of fused-ring (bicyclic) bond motifs is 1. The summed E-state index contributed by atoms with van der Waals surface area (Å²) < 4.78 is 40.0. The molecule has 1 aromatic heterocycles. The van der Waals surface area contributed by atoms with E-state index in [2.05, 4.69) is 4.72 Å². The zero-order valence-electron chi connectivity index (χ0n) is 21.3. The van der Waals surface area contributed by atoms with Crippen LogP contribution in [0.5, 0.6) is 0 Å². The van der Waals surface area contributed by atoms with E-state index in [-0.39, 0.29) is 11.9 Å². The molecule has 0 spiro atoms. The second-order valence-electron chi connectivity index (χ2n) is 9.52. The highest BCUT2D eigenvalue weighted by molar-refractivity contribution is 7.92. The van der Waals surface area contributed by atoms with Crippen LogP contribution in [0.3, 0.4) is 0 Å².